The van der Waals surface area contributed by atoms with Gasteiger partial charge in [0.2, 0.25) is 0 Å². The number of hydrogen-bond donors (Lipinski definition) is 0. The molecule has 1 heterocycles. The summed E-state index contributed by atoms with van der Waals surface area (Å²) >= 11 is 3.27. The van der Waals surface area contributed by atoms with Crippen LogP contribution in [0.1, 0.15) is 42.7 Å². The first-order valence-electron chi connectivity index (χ1n) is 7.64. The summed E-state index contributed by atoms with van der Waals surface area (Å²) in [5.41, 5.74) is 0. The van der Waals surface area contributed by atoms with Crippen molar-refractivity contribution in [3.05, 3.63) is 22.6 Å². The first-order chi connectivity index (χ1) is 9.61. The Balaban J connectivity index is 1.56. The van der Waals surface area contributed by atoms with E-state index in [1.165, 1.54) is 32.1 Å². The molecular weight excluding hydrogens is 318 g/mol. The summed E-state index contributed by atoms with van der Waals surface area (Å²) in [7, 11) is 1.96. The van der Waals surface area contributed by atoms with Gasteiger partial charge in [0, 0.05) is 13.1 Å². The normalized spacial score (nSPS) is 38.2. The van der Waals surface area contributed by atoms with Gasteiger partial charge in [0.25, 0.3) is 5.91 Å². The van der Waals surface area contributed by atoms with E-state index >= 15 is 0 Å². The average molecular weight is 338 g/mol. The summed E-state index contributed by atoms with van der Waals surface area (Å²) in [6.45, 7) is 0. The molecule has 4 saturated carbocycles. The smallest absolute Gasteiger partial charge is 0.289 e. The number of hydrogen-bond acceptors (Lipinski definition) is 2. The molecule has 5 rings (SSSR count). The highest BCUT2D eigenvalue weighted by Gasteiger charge is 2.50. The lowest BCUT2D eigenvalue weighted by molar-refractivity contribution is -0.0497. The van der Waals surface area contributed by atoms with Crippen LogP contribution in [0, 0.1) is 23.7 Å². The Bertz CT molecular complexity index is 510. The lowest BCUT2D eigenvalue weighted by atomic mass is 9.54. The quantitative estimate of drug-likeness (QED) is 0.818. The third-order valence-corrected chi connectivity index (χ3v) is 6.15. The molecule has 0 unspecified atom stereocenters. The molecule has 4 bridgehead atoms. The number of carbonyl (C=O) groups excluding carboxylic acids is 1. The van der Waals surface area contributed by atoms with Gasteiger partial charge in [0.15, 0.2) is 10.4 Å². The summed E-state index contributed by atoms with van der Waals surface area (Å²) in [4.78, 5) is 14.6. The lowest BCUT2D eigenvalue weighted by Crippen LogP contribution is -2.56. The van der Waals surface area contributed by atoms with E-state index in [0.29, 0.717) is 16.5 Å². The molecule has 3 nitrogen and oxygen atoms in total. The SMILES string of the molecule is CN(C(=O)c1ccc(Br)o1)C1C2CC3CC(C2)CC1C3. The van der Waals surface area contributed by atoms with E-state index in [9.17, 15) is 4.79 Å². The van der Waals surface area contributed by atoms with E-state index in [4.69, 9.17) is 4.42 Å². The largest absolute Gasteiger partial charge is 0.444 e. The molecule has 4 fully saturated rings. The van der Waals surface area contributed by atoms with Crippen LogP contribution in [-0.2, 0) is 0 Å². The first kappa shape index (κ1) is 12.9. The Labute approximate surface area is 127 Å². The highest BCUT2D eigenvalue weighted by atomic mass is 79.9. The fraction of sp³-hybridized carbons (Fsp3) is 0.688. The van der Waals surface area contributed by atoms with Gasteiger partial charge in [-0.25, -0.2) is 0 Å². The van der Waals surface area contributed by atoms with Gasteiger partial charge in [-0.15, -0.1) is 0 Å². The summed E-state index contributed by atoms with van der Waals surface area (Å²) in [6, 6.07) is 3.98. The molecule has 4 heteroatoms. The van der Waals surface area contributed by atoms with E-state index in [-0.39, 0.29) is 5.91 Å². The van der Waals surface area contributed by atoms with Gasteiger partial charge < -0.3 is 9.32 Å². The van der Waals surface area contributed by atoms with Crippen LogP contribution in [-0.4, -0.2) is 23.9 Å². The van der Waals surface area contributed by atoms with Crippen molar-refractivity contribution in [2.75, 3.05) is 7.05 Å². The molecule has 0 aromatic carbocycles. The number of halogens is 1. The zero-order valence-corrected chi connectivity index (χ0v) is 13.3. The summed E-state index contributed by atoms with van der Waals surface area (Å²) in [6.07, 6.45) is 6.77. The van der Waals surface area contributed by atoms with Crippen molar-refractivity contribution in [2.24, 2.45) is 23.7 Å². The second-order valence-corrected chi connectivity index (χ2v) is 7.72. The predicted octanol–water partition coefficient (Wildman–Crippen LogP) is 3.94. The Kier molecular flexibility index (Phi) is 2.99. The molecular formula is C16H20BrNO2. The van der Waals surface area contributed by atoms with Gasteiger partial charge >= 0.3 is 0 Å². The van der Waals surface area contributed by atoms with Crippen LogP contribution in [0.5, 0.6) is 0 Å². The minimum atomic E-state index is 0.0353. The number of rotatable bonds is 2. The van der Waals surface area contributed by atoms with Gasteiger partial charge in [0.05, 0.1) is 0 Å². The van der Waals surface area contributed by atoms with Crippen molar-refractivity contribution in [3.8, 4) is 0 Å². The van der Waals surface area contributed by atoms with Crippen LogP contribution in [0.3, 0.4) is 0 Å². The van der Waals surface area contributed by atoms with Crippen molar-refractivity contribution in [3.63, 3.8) is 0 Å². The molecule has 1 aromatic rings. The second kappa shape index (κ2) is 4.62. The Morgan fingerprint density at radius 3 is 2.25 bits per heavy atom. The summed E-state index contributed by atoms with van der Waals surface area (Å²) < 4.78 is 6.06. The number of carbonyl (C=O) groups is 1. The van der Waals surface area contributed by atoms with Crippen molar-refractivity contribution in [1.82, 2.24) is 4.90 Å². The van der Waals surface area contributed by atoms with E-state index in [1.54, 1.807) is 12.1 Å². The maximum absolute atomic E-state index is 12.6. The van der Waals surface area contributed by atoms with Crippen LogP contribution in [0.4, 0.5) is 0 Å². The highest BCUT2D eigenvalue weighted by Crippen LogP contribution is 2.55. The molecule has 0 spiro atoms. The van der Waals surface area contributed by atoms with Crippen LogP contribution >= 0.6 is 15.9 Å². The Morgan fingerprint density at radius 1 is 1.15 bits per heavy atom. The van der Waals surface area contributed by atoms with Crippen LogP contribution in [0.2, 0.25) is 0 Å². The molecule has 0 radical (unpaired) electrons. The Morgan fingerprint density at radius 2 is 1.75 bits per heavy atom. The fourth-order valence-electron chi connectivity index (χ4n) is 5.27. The standard InChI is InChI=1S/C16H20BrNO2/c1-18(16(19)13-2-3-14(17)20-13)15-11-5-9-4-10(7-11)8-12(15)6-9/h2-3,9-12,15H,4-8H2,1H3. The third-order valence-electron chi connectivity index (χ3n) is 5.73. The molecule has 0 N–H and O–H groups in total. The van der Waals surface area contributed by atoms with Crippen molar-refractivity contribution in [2.45, 2.75) is 38.1 Å². The zero-order chi connectivity index (χ0) is 13.9. The molecule has 0 aliphatic heterocycles. The molecule has 20 heavy (non-hydrogen) atoms. The van der Waals surface area contributed by atoms with Crippen molar-refractivity contribution < 1.29 is 9.21 Å². The minimum absolute atomic E-state index is 0.0353. The monoisotopic (exact) mass is 337 g/mol. The van der Waals surface area contributed by atoms with Crippen LogP contribution < -0.4 is 0 Å². The molecule has 1 amide bonds. The van der Waals surface area contributed by atoms with Crippen molar-refractivity contribution in [1.29, 1.82) is 0 Å². The predicted molar refractivity (Wildman–Crippen MR) is 79.3 cm³/mol. The van der Waals surface area contributed by atoms with Gasteiger partial charge in [-0.1, -0.05) is 0 Å². The zero-order valence-electron chi connectivity index (χ0n) is 11.7. The minimum Gasteiger partial charge on any atom is -0.444 e. The number of furan rings is 1. The maximum atomic E-state index is 12.6. The van der Waals surface area contributed by atoms with Gasteiger partial charge in [-0.2, -0.15) is 0 Å². The first-order valence-corrected chi connectivity index (χ1v) is 8.43. The lowest BCUT2D eigenvalue weighted by Gasteiger charge is -2.56. The number of nitrogens with zero attached hydrogens (tertiary/aromatic N) is 1. The number of amides is 1. The van der Waals surface area contributed by atoms with Gasteiger partial charge in [-0.3, -0.25) is 4.79 Å². The van der Waals surface area contributed by atoms with Crippen LogP contribution in [0.25, 0.3) is 0 Å². The Hall–Kier alpha value is -0.770. The molecule has 108 valence electrons. The summed E-state index contributed by atoms with van der Waals surface area (Å²) in [5.74, 6) is 3.81. The van der Waals surface area contributed by atoms with Gasteiger partial charge in [0.1, 0.15) is 0 Å². The van der Waals surface area contributed by atoms with E-state index in [0.717, 1.165) is 23.7 Å². The van der Waals surface area contributed by atoms with Crippen LogP contribution in [0.15, 0.2) is 21.2 Å². The van der Waals surface area contributed by atoms with E-state index in [2.05, 4.69) is 15.9 Å². The third kappa shape index (κ3) is 1.95. The molecule has 4 aliphatic rings. The molecule has 0 saturated heterocycles. The average Bonchev–Trinajstić information content (AvgIpc) is 2.83. The maximum Gasteiger partial charge on any atom is 0.289 e. The molecule has 0 atom stereocenters. The van der Waals surface area contributed by atoms with E-state index in [1.807, 2.05) is 11.9 Å². The van der Waals surface area contributed by atoms with Crippen molar-refractivity contribution >= 4 is 21.8 Å². The molecule has 4 aliphatic carbocycles. The fourth-order valence-corrected chi connectivity index (χ4v) is 5.57. The molecule has 1 aromatic heterocycles. The second-order valence-electron chi connectivity index (χ2n) is 6.94. The topological polar surface area (TPSA) is 33.5 Å². The summed E-state index contributed by atoms with van der Waals surface area (Å²) in [5, 5.41) is 0. The van der Waals surface area contributed by atoms with E-state index < -0.39 is 0 Å². The highest BCUT2D eigenvalue weighted by molar-refractivity contribution is 9.10. The van der Waals surface area contributed by atoms with Gasteiger partial charge in [-0.05, 0) is 83.8 Å².